The molecule has 0 aliphatic rings. The number of nitrogens with one attached hydrogen (secondary N) is 1. The van der Waals surface area contributed by atoms with E-state index in [1.807, 2.05) is 43.3 Å². The maximum Gasteiger partial charge on any atom is 0.244 e. The van der Waals surface area contributed by atoms with E-state index >= 15 is 0 Å². The lowest BCUT2D eigenvalue weighted by molar-refractivity contribution is -0.118. The van der Waals surface area contributed by atoms with Crippen molar-refractivity contribution in [2.24, 2.45) is 0 Å². The lowest BCUT2D eigenvalue weighted by Crippen LogP contribution is -2.39. The molecule has 1 atom stereocenters. The van der Waals surface area contributed by atoms with Gasteiger partial charge in [-0.15, -0.1) is 0 Å². The summed E-state index contributed by atoms with van der Waals surface area (Å²) in [6.07, 6.45) is 3.14. The lowest BCUT2D eigenvalue weighted by Gasteiger charge is -2.29. The fourth-order valence-electron chi connectivity index (χ4n) is 2.20. The molecule has 3 nitrogen and oxygen atoms in total. The van der Waals surface area contributed by atoms with Crippen LogP contribution in [0.5, 0.6) is 0 Å². The summed E-state index contributed by atoms with van der Waals surface area (Å²) in [5.74, 6) is -0.222. The maximum absolute atomic E-state index is 12.1. The molecule has 0 aromatic heterocycles. The molecular weight excluding hydrogens is 345 g/mol. The van der Waals surface area contributed by atoms with Gasteiger partial charge in [0.05, 0.1) is 6.54 Å². The average Bonchev–Trinajstić information content (AvgIpc) is 2.59. The standard InChI is InChI=1S/C19H19Cl2NO2/c1-19(24-2,15-7-5-8-16(20)12-15)13-22-18(23)11-10-14-6-3-4-9-17(14)21/h3-12H,13H2,1-2H3,(H,22,23)/b11-10+. The van der Waals surface area contributed by atoms with Gasteiger partial charge in [0.25, 0.3) is 0 Å². The van der Waals surface area contributed by atoms with E-state index in [9.17, 15) is 4.79 Å². The molecule has 0 spiro atoms. The Morgan fingerprint density at radius 1 is 1.21 bits per heavy atom. The predicted molar refractivity (Wildman–Crippen MR) is 99.3 cm³/mol. The van der Waals surface area contributed by atoms with Crippen LogP contribution in [0.2, 0.25) is 10.0 Å². The third kappa shape index (κ3) is 4.84. The molecule has 0 saturated carbocycles. The summed E-state index contributed by atoms with van der Waals surface area (Å²) in [5, 5.41) is 4.07. The molecule has 0 aliphatic carbocycles. The van der Waals surface area contributed by atoms with E-state index in [2.05, 4.69) is 5.32 Å². The van der Waals surface area contributed by atoms with Gasteiger partial charge in [0.2, 0.25) is 5.91 Å². The molecule has 1 N–H and O–H groups in total. The van der Waals surface area contributed by atoms with E-state index < -0.39 is 5.60 Å². The molecule has 0 saturated heterocycles. The normalized spacial score (nSPS) is 13.7. The Morgan fingerprint density at radius 3 is 2.62 bits per heavy atom. The second-order valence-corrected chi connectivity index (χ2v) is 6.36. The summed E-state index contributed by atoms with van der Waals surface area (Å²) in [6, 6.07) is 14.7. The molecular formula is C19H19Cl2NO2. The van der Waals surface area contributed by atoms with Gasteiger partial charge in [0.1, 0.15) is 5.60 Å². The average molecular weight is 364 g/mol. The van der Waals surface area contributed by atoms with Gasteiger partial charge >= 0.3 is 0 Å². The number of benzene rings is 2. The zero-order valence-electron chi connectivity index (χ0n) is 13.6. The SMILES string of the molecule is COC(C)(CNC(=O)/C=C/c1ccccc1Cl)c1cccc(Cl)c1. The zero-order chi connectivity index (χ0) is 17.6. The minimum atomic E-state index is -0.668. The Labute approximate surface area is 152 Å². The molecule has 2 rings (SSSR count). The first-order valence-electron chi connectivity index (χ1n) is 7.46. The highest BCUT2D eigenvalue weighted by Crippen LogP contribution is 2.26. The van der Waals surface area contributed by atoms with Gasteiger partial charge in [-0.2, -0.15) is 0 Å². The summed E-state index contributed by atoms with van der Waals surface area (Å²) >= 11 is 12.1. The summed E-state index contributed by atoms with van der Waals surface area (Å²) in [7, 11) is 1.60. The van der Waals surface area contributed by atoms with Crippen molar-refractivity contribution in [3.8, 4) is 0 Å². The van der Waals surface area contributed by atoms with Crippen molar-refractivity contribution in [2.45, 2.75) is 12.5 Å². The monoisotopic (exact) mass is 363 g/mol. The van der Waals surface area contributed by atoms with Crippen LogP contribution in [0.25, 0.3) is 6.08 Å². The zero-order valence-corrected chi connectivity index (χ0v) is 15.1. The van der Waals surface area contributed by atoms with Gasteiger partial charge in [-0.1, -0.05) is 53.5 Å². The number of carbonyl (C=O) groups excluding carboxylic acids is 1. The Hall–Kier alpha value is -1.81. The molecule has 126 valence electrons. The van der Waals surface area contributed by atoms with Crippen molar-refractivity contribution in [1.29, 1.82) is 0 Å². The van der Waals surface area contributed by atoms with E-state index in [1.54, 1.807) is 25.3 Å². The van der Waals surface area contributed by atoms with Crippen LogP contribution < -0.4 is 5.32 Å². The molecule has 1 amide bonds. The minimum absolute atomic E-state index is 0.222. The largest absolute Gasteiger partial charge is 0.372 e. The lowest BCUT2D eigenvalue weighted by atomic mass is 9.95. The molecule has 1 unspecified atom stereocenters. The van der Waals surface area contributed by atoms with Crippen molar-refractivity contribution in [2.75, 3.05) is 13.7 Å². The van der Waals surface area contributed by atoms with Gasteiger partial charge in [-0.25, -0.2) is 0 Å². The first-order chi connectivity index (χ1) is 11.4. The fourth-order valence-corrected chi connectivity index (χ4v) is 2.59. The number of halogens is 2. The molecule has 2 aromatic carbocycles. The second-order valence-electron chi connectivity index (χ2n) is 5.52. The Bertz CT molecular complexity index is 746. The van der Waals surface area contributed by atoms with Gasteiger partial charge < -0.3 is 10.1 Å². The second kappa shape index (κ2) is 8.34. The van der Waals surface area contributed by atoms with Gasteiger partial charge in [-0.05, 0) is 42.3 Å². The minimum Gasteiger partial charge on any atom is -0.372 e. The molecule has 24 heavy (non-hydrogen) atoms. The van der Waals surface area contributed by atoms with Crippen LogP contribution in [0.15, 0.2) is 54.6 Å². The summed E-state index contributed by atoms with van der Waals surface area (Å²) in [4.78, 5) is 12.1. The smallest absolute Gasteiger partial charge is 0.244 e. The number of amides is 1. The van der Waals surface area contributed by atoms with Gasteiger partial charge in [-0.3, -0.25) is 4.79 Å². The van der Waals surface area contributed by atoms with E-state index in [-0.39, 0.29) is 5.91 Å². The third-order valence-electron chi connectivity index (χ3n) is 3.81. The topological polar surface area (TPSA) is 38.3 Å². The van der Waals surface area contributed by atoms with Crippen LogP contribution in [0, 0.1) is 0 Å². The predicted octanol–water partition coefficient (Wildman–Crippen LogP) is 4.68. The molecule has 5 heteroatoms. The Kier molecular flexibility index (Phi) is 6.44. The Morgan fingerprint density at radius 2 is 1.96 bits per heavy atom. The van der Waals surface area contributed by atoms with Gasteiger partial charge in [0.15, 0.2) is 0 Å². The van der Waals surface area contributed by atoms with Crippen LogP contribution in [0.3, 0.4) is 0 Å². The van der Waals surface area contributed by atoms with Crippen molar-refractivity contribution in [3.05, 3.63) is 75.8 Å². The number of rotatable bonds is 6. The summed E-state index contributed by atoms with van der Waals surface area (Å²) in [6.45, 7) is 2.21. The highest BCUT2D eigenvalue weighted by atomic mass is 35.5. The first-order valence-corrected chi connectivity index (χ1v) is 8.22. The number of hydrogen-bond acceptors (Lipinski definition) is 2. The van der Waals surface area contributed by atoms with E-state index in [1.165, 1.54) is 6.08 Å². The maximum atomic E-state index is 12.1. The fraction of sp³-hybridized carbons (Fsp3) is 0.211. The molecule has 0 radical (unpaired) electrons. The number of ether oxygens (including phenoxy) is 1. The Balaban J connectivity index is 2.02. The van der Waals surface area contributed by atoms with Crippen molar-refractivity contribution < 1.29 is 9.53 Å². The number of hydrogen-bond donors (Lipinski definition) is 1. The van der Waals surface area contributed by atoms with Crippen LogP contribution in [0.1, 0.15) is 18.1 Å². The molecule has 2 aromatic rings. The molecule has 0 aliphatic heterocycles. The number of carbonyl (C=O) groups is 1. The molecule has 0 bridgehead atoms. The molecule has 0 fully saturated rings. The highest BCUT2D eigenvalue weighted by Gasteiger charge is 2.26. The van der Waals surface area contributed by atoms with Crippen LogP contribution in [0.4, 0.5) is 0 Å². The quantitative estimate of drug-likeness (QED) is 0.756. The van der Waals surface area contributed by atoms with E-state index in [0.717, 1.165) is 11.1 Å². The highest BCUT2D eigenvalue weighted by molar-refractivity contribution is 6.32. The van der Waals surface area contributed by atoms with E-state index in [4.69, 9.17) is 27.9 Å². The molecule has 0 heterocycles. The van der Waals surface area contributed by atoms with Crippen LogP contribution in [-0.2, 0) is 15.1 Å². The van der Waals surface area contributed by atoms with Crippen molar-refractivity contribution >= 4 is 35.2 Å². The van der Waals surface area contributed by atoms with E-state index in [0.29, 0.717) is 16.6 Å². The van der Waals surface area contributed by atoms with Gasteiger partial charge in [0, 0.05) is 23.2 Å². The summed E-state index contributed by atoms with van der Waals surface area (Å²) < 4.78 is 5.59. The summed E-state index contributed by atoms with van der Waals surface area (Å²) in [5.41, 5.74) is 1.02. The van der Waals surface area contributed by atoms with Crippen molar-refractivity contribution in [3.63, 3.8) is 0 Å². The first kappa shape index (κ1) is 18.5. The van der Waals surface area contributed by atoms with Crippen molar-refractivity contribution in [1.82, 2.24) is 5.32 Å². The number of methoxy groups -OCH3 is 1. The van der Waals surface area contributed by atoms with Crippen LogP contribution >= 0.6 is 23.2 Å². The van der Waals surface area contributed by atoms with Crippen LogP contribution in [-0.4, -0.2) is 19.6 Å². The third-order valence-corrected chi connectivity index (χ3v) is 4.38.